The molecule has 1 rings (SSSR count). The Balaban J connectivity index is 0. The van der Waals surface area contributed by atoms with Gasteiger partial charge in [-0.3, -0.25) is 0 Å². The van der Waals surface area contributed by atoms with Crippen molar-refractivity contribution in [2.75, 3.05) is 12.5 Å². The number of hydrogen-bond acceptors (Lipinski definition) is 1. The summed E-state index contributed by atoms with van der Waals surface area (Å²) in [6, 6.07) is 0. The van der Waals surface area contributed by atoms with Crippen LogP contribution in [-0.2, 0) is 0 Å². The lowest BCUT2D eigenvalue weighted by atomic mass is 10.0. The van der Waals surface area contributed by atoms with Gasteiger partial charge in [-0.05, 0) is 12.5 Å². The molecule has 0 aromatic rings. The van der Waals surface area contributed by atoms with Crippen molar-refractivity contribution in [3.63, 3.8) is 0 Å². The summed E-state index contributed by atoms with van der Waals surface area (Å²) in [5.74, 6) is 0. The summed E-state index contributed by atoms with van der Waals surface area (Å²) in [6.07, 6.45) is 13.1. The maximum absolute atomic E-state index is 2.04. The second kappa shape index (κ2) is 16.7. The minimum absolute atomic E-state index is 1.50. The molecule has 0 amide bonds. The molecule has 0 spiro atoms. The average Bonchev–Trinajstić information content (AvgIpc) is 2.12. The van der Waals surface area contributed by atoms with Crippen molar-refractivity contribution in [3.8, 4) is 0 Å². The summed E-state index contributed by atoms with van der Waals surface area (Å²) in [6.45, 7) is 4.00. The van der Waals surface area contributed by atoms with Gasteiger partial charge in [-0.15, -0.1) is 0 Å². The maximum Gasteiger partial charge on any atom is -0.0187 e. The lowest BCUT2D eigenvalue weighted by molar-refractivity contribution is 0.504. The van der Waals surface area contributed by atoms with E-state index >= 15 is 0 Å². The van der Waals surface area contributed by atoms with Crippen LogP contribution in [0.4, 0.5) is 0 Å². The van der Waals surface area contributed by atoms with Gasteiger partial charge in [-0.1, -0.05) is 52.4 Å². The minimum Gasteiger partial charge on any atom is -0.169 e. The van der Waals surface area contributed by atoms with Crippen molar-refractivity contribution >= 4 is 11.8 Å². The molecule has 0 N–H and O–H groups in total. The summed E-state index contributed by atoms with van der Waals surface area (Å²) in [7, 11) is 0. The molecule has 0 unspecified atom stereocenters. The third kappa shape index (κ3) is 17.9. The molecule has 0 aromatic carbocycles. The van der Waals surface area contributed by atoms with Gasteiger partial charge in [-0.25, -0.2) is 0 Å². The van der Waals surface area contributed by atoms with Crippen LogP contribution in [0.2, 0.25) is 0 Å². The molecule has 11 heavy (non-hydrogen) atoms. The molecular formula is C10H24S. The molecular weight excluding hydrogens is 152 g/mol. The van der Waals surface area contributed by atoms with Crippen LogP contribution in [0.25, 0.3) is 0 Å². The Kier molecular flexibility index (Phi) is 21.2. The van der Waals surface area contributed by atoms with Crippen LogP contribution < -0.4 is 0 Å². The Bertz CT molecular complexity index is 28.6. The van der Waals surface area contributed by atoms with Crippen LogP contribution in [0, 0.1) is 0 Å². The van der Waals surface area contributed by atoms with Crippen molar-refractivity contribution in [3.05, 3.63) is 0 Å². The quantitative estimate of drug-likeness (QED) is 0.529. The molecule has 0 aliphatic heterocycles. The first-order chi connectivity index (χ1) is 5.41. The van der Waals surface area contributed by atoms with E-state index in [4.69, 9.17) is 0 Å². The Labute approximate surface area is 77.2 Å². The zero-order chi connectivity index (χ0) is 8.95. The molecule has 1 heteroatoms. The Morgan fingerprint density at radius 1 is 0.636 bits per heavy atom. The van der Waals surface area contributed by atoms with E-state index in [1.54, 1.807) is 11.8 Å². The largest absolute Gasteiger partial charge is 0.169 e. The summed E-state index contributed by atoms with van der Waals surface area (Å²) < 4.78 is 0. The maximum atomic E-state index is 2.04. The summed E-state index contributed by atoms with van der Waals surface area (Å²) in [4.78, 5) is 0. The van der Waals surface area contributed by atoms with Crippen LogP contribution in [-0.4, -0.2) is 12.5 Å². The van der Waals surface area contributed by atoms with E-state index in [2.05, 4.69) is 0 Å². The first kappa shape index (κ1) is 13.9. The first-order valence-corrected chi connectivity index (χ1v) is 6.45. The van der Waals surface area contributed by atoms with Crippen LogP contribution in [0.5, 0.6) is 0 Å². The summed E-state index contributed by atoms with van der Waals surface area (Å²) >= 11 is 1.75. The fraction of sp³-hybridized carbons (Fsp3) is 1.00. The molecule has 1 aliphatic rings. The van der Waals surface area contributed by atoms with Gasteiger partial charge in [0.1, 0.15) is 0 Å². The lowest BCUT2D eigenvalue weighted by Gasteiger charge is -2.05. The van der Waals surface area contributed by atoms with Crippen molar-refractivity contribution in [2.45, 2.75) is 52.4 Å². The fourth-order valence-corrected chi connectivity index (χ4v) is 1.06. The molecule has 70 valence electrons. The zero-order valence-corrected chi connectivity index (χ0v) is 9.47. The molecule has 0 bridgehead atoms. The SMILES string of the molecule is C1CCCCC1.CC.CSC. The van der Waals surface area contributed by atoms with Gasteiger partial charge in [0, 0.05) is 0 Å². The molecule has 1 saturated carbocycles. The monoisotopic (exact) mass is 176 g/mol. The Hall–Kier alpha value is 0.350. The van der Waals surface area contributed by atoms with Crippen LogP contribution in [0.15, 0.2) is 0 Å². The highest BCUT2D eigenvalue weighted by atomic mass is 32.2. The van der Waals surface area contributed by atoms with Gasteiger partial charge in [-0.2, -0.15) is 11.8 Å². The highest BCUT2D eigenvalue weighted by Gasteiger charge is 1.95. The van der Waals surface area contributed by atoms with Crippen LogP contribution in [0.3, 0.4) is 0 Å². The molecule has 0 aromatic heterocycles. The van der Waals surface area contributed by atoms with E-state index in [0.717, 1.165) is 0 Å². The van der Waals surface area contributed by atoms with E-state index in [1.807, 2.05) is 26.4 Å². The van der Waals surface area contributed by atoms with E-state index in [1.165, 1.54) is 38.5 Å². The van der Waals surface area contributed by atoms with E-state index in [0.29, 0.717) is 0 Å². The van der Waals surface area contributed by atoms with E-state index in [-0.39, 0.29) is 0 Å². The molecule has 1 aliphatic carbocycles. The fourth-order valence-electron chi connectivity index (χ4n) is 1.06. The first-order valence-electron chi connectivity index (χ1n) is 4.82. The molecule has 1 fully saturated rings. The standard InChI is InChI=1S/C6H12.C2H6S.C2H6/c1-2-4-6-5-3-1;1-3-2;1-2/h1-6H2;1-2H3;1-2H3. The molecule has 0 radical (unpaired) electrons. The third-order valence-electron chi connectivity index (χ3n) is 1.50. The van der Waals surface area contributed by atoms with E-state index < -0.39 is 0 Å². The van der Waals surface area contributed by atoms with Crippen molar-refractivity contribution in [2.24, 2.45) is 0 Å². The highest BCUT2D eigenvalue weighted by molar-refractivity contribution is 7.97. The van der Waals surface area contributed by atoms with Gasteiger partial charge in [0.25, 0.3) is 0 Å². The predicted octanol–water partition coefficient (Wildman–Crippen LogP) is 4.35. The van der Waals surface area contributed by atoms with Gasteiger partial charge in [0.05, 0.1) is 0 Å². The van der Waals surface area contributed by atoms with Gasteiger partial charge in [0.15, 0.2) is 0 Å². The van der Waals surface area contributed by atoms with Gasteiger partial charge in [0.2, 0.25) is 0 Å². The van der Waals surface area contributed by atoms with Crippen LogP contribution >= 0.6 is 11.8 Å². The number of thioether (sulfide) groups is 1. The lowest BCUT2D eigenvalue weighted by Crippen LogP contribution is -1.85. The van der Waals surface area contributed by atoms with Gasteiger partial charge >= 0.3 is 0 Å². The number of hydrogen-bond donors (Lipinski definition) is 0. The highest BCUT2D eigenvalue weighted by Crippen LogP contribution is 2.15. The topological polar surface area (TPSA) is 0 Å². The van der Waals surface area contributed by atoms with Crippen molar-refractivity contribution < 1.29 is 0 Å². The van der Waals surface area contributed by atoms with Crippen molar-refractivity contribution in [1.82, 2.24) is 0 Å². The summed E-state index contributed by atoms with van der Waals surface area (Å²) in [5, 5.41) is 0. The second-order valence-corrected chi connectivity index (χ2v) is 3.35. The van der Waals surface area contributed by atoms with Crippen LogP contribution in [0.1, 0.15) is 52.4 Å². The van der Waals surface area contributed by atoms with Gasteiger partial charge < -0.3 is 0 Å². The summed E-state index contributed by atoms with van der Waals surface area (Å²) in [5.41, 5.74) is 0. The predicted molar refractivity (Wildman–Crippen MR) is 58.5 cm³/mol. The molecule has 0 nitrogen and oxygen atoms in total. The smallest absolute Gasteiger partial charge is 0.0187 e. The average molecular weight is 176 g/mol. The molecule has 0 saturated heterocycles. The van der Waals surface area contributed by atoms with E-state index in [9.17, 15) is 0 Å². The zero-order valence-electron chi connectivity index (χ0n) is 8.65. The Morgan fingerprint density at radius 3 is 0.818 bits per heavy atom. The Morgan fingerprint density at radius 2 is 0.727 bits per heavy atom. The van der Waals surface area contributed by atoms with Crippen molar-refractivity contribution in [1.29, 1.82) is 0 Å². The normalized spacial score (nSPS) is 15.3. The molecule has 0 heterocycles. The molecule has 0 atom stereocenters. The minimum atomic E-state index is 1.50. The number of rotatable bonds is 0. The second-order valence-electron chi connectivity index (χ2n) is 2.53. The third-order valence-corrected chi connectivity index (χ3v) is 1.50.